The van der Waals surface area contributed by atoms with Crippen LogP contribution in [0, 0.1) is 0 Å². The van der Waals surface area contributed by atoms with Crippen molar-refractivity contribution in [2.45, 2.75) is 13.3 Å². The van der Waals surface area contributed by atoms with Crippen LogP contribution in [0.2, 0.25) is 0 Å². The summed E-state index contributed by atoms with van der Waals surface area (Å²) >= 11 is 0. The van der Waals surface area contributed by atoms with Gasteiger partial charge >= 0.3 is 0 Å². The SMILES string of the molecule is CC(=O)NCCC(=O)Nc1ccc2c(c1)OCO2. The Kier molecular flexibility index (Phi) is 3.66. The molecule has 0 aromatic heterocycles. The topological polar surface area (TPSA) is 76.7 Å². The van der Waals surface area contributed by atoms with Crippen molar-refractivity contribution in [2.24, 2.45) is 0 Å². The standard InChI is InChI=1S/C12H14N2O4/c1-8(15)13-5-4-12(16)14-9-2-3-10-11(6-9)18-7-17-10/h2-3,6H,4-5,7H2,1H3,(H,13,15)(H,14,16). The Morgan fingerprint density at radius 3 is 2.83 bits per heavy atom. The highest BCUT2D eigenvalue weighted by molar-refractivity contribution is 5.91. The molecule has 2 N–H and O–H groups in total. The number of carbonyl (C=O) groups excluding carboxylic acids is 2. The van der Waals surface area contributed by atoms with Crippen molar-refractivity contribution >= 4 is 17.5 Å². The Morgan fingerprint density at radius 1 is 1.28 bits per heavy atom. The van der Waals surface area contributed by atoms with Crippen molar-refractivity contribution < 1.29 is 19.1 Å². The molecule has 1 aliphatic rings. The summed E-state index contributed by atoms with van der Waals surface area (Å²) in [6, 6.07) is 5.19. The summed E-state index contributed by atoms with van der Waals surface area (Å²) in [7, 11) is 0. The third-order valence-electron chi connectivity index (χ3n) is 2.38. The van der Waals surface area contributed by atoms with Crippen LogP contribution in [0.5, 0.6) is 11.5 Å². The Bertz CT molecular complexity index is 473. The Balaban J connectivity index is 1.85. The average molecular weight is 250 g/mol. The van der Waals surface area contributed by atoms with Gasteiger partial charge in [0, 0.05) is 31.6 Å². The first kappa shape index (κ1) is 12.2. The average Bonchev–Trinajstić information content (AvgIpc) is 2.75. The minimum Gasteiger partial charge on any atom is -0.454 e. The van der Waals surface area contributed by atoms with Crippen molar-refractivity contribution in [1.82, 2.24) is 5.32 Å². The predicted molar refractivity (Wildman–Crippen MR) is 64.5 cm³/mol. The molecular formula is C12H14N2O4. The van der Waals surface area contributed by atoms with Gasteiger partial charge in [-0.15, -0.1) is 0 Å². The number of carbonyl (C=O) groups is 2. The summed E-state index contributed by atoms with van der Waals surface area (Å²) in [5.41, 5.74) is 0.645. The van der Waals surface area contributed by atoms with E-state index in [1.807, 2.05) is 0 Å². The zero-order valence-corrected chi connectivity index (χ0v) is 9.99. The van der Waals surface area contributed by atoms with Crippen LogP contribution in [0.1, 0.15) is 13.3 Å². The van der Waals surface area contributed by atoms with Crippen LogP contribution in [0.3, 0.4) is 0 Å². The van der Waals surface area contributed by atoms with E-state index in [4.69, 9.17) is 9.47 Å². The lowest BCUT2D eigenvalue weighted by atomic mass is 10.2. The quantitative estimate of drug-likeness (QED) is 0.831. The zero-order valence-electron chi connectivity index (χ0n) is 9.99. The van der Waals surface area contributed by atoms with Crippen LogP contribution < -0.4 is 20.1 Å². The third kappa shape index (κ3) is 3.13. The van der Waals surface area contributed by atoms with Crippen LogP contribution >= 0.6 is 0 Å². The number of amides is 2. The van der Waals surface area contributed by atoms with Gasteiger partial charge < -0.3 is 20.1 Å². The maximum Gasteiger partial charge on any atom is 0.231 e. The van der Waals surface area contributed by atoms with Gasteiger partial charge in [0.15, 0.2) is 11.5 Å². The number of hydrogen-bond donors (Lipinski definition) is 2. The first-order chi connectivity index (χ1) is 8.65. The fraction of sp³-hybridized carbons (Fsp3) is 0.333. The van der Waals surface area contributed by atoms with Gasteiger partial charge in [-0.2, -0.15) is 0 Å². The predicted octanol–water partition coefficient (Wildman–Crippen LogP) is 0.880. The molecule has 6 heteroatoms. The highest BCUT2D eigenvalue weighted by Crippen LogP contribution is 2.34. The lowest BCUT2D eigenvalue weighted by Gasteiger charge is -2.06. The van der Waals surface area contributed by atoms with Gasteiger partial charge in [0.05, 0.1) is 0 Å². The molecular weight excluding hydrogens is 236 g/mol. The summed E-state index contributed by atoms with van der Waals surface area (Å²) in [6.45, 7) is 1.94. The van der Waals surface area contributed by atoms with Crippen molar-refractivity contribution in [3.05, 3.63) is 18.2 Å². The number of fused-ring (bicyclic) bond motifs is 1. The van der Waals surface area contributed by atoms with E-state index in [1.54, 1.807) is 18.2 Å². The minimum absolute atomic E-state index is 0.147. The van der Waals surface area contributed by atoms with Gasteiger partial charge in [0.2, 0.25) is 18.6 Å². The maximum absolute atomic E-state index is 11.6. The van der Waals surface area contributed by atoms with E-state index in [0.717, 1.165) is 0 Å². The first-order valence-electron chi connectivity index (χ1n) is 5.59. The van der Waals surface area contributed by atoms with Crippen LogP contribution in [0.4, 0.5) is 5.69 Å². The van der Waals surface area contributed by atoms with Crippen LogP contribution in [-0.2, 0) is 9.59 Å². The lowest BCUT2D eigenvalue weighted by Crippen LogP contribution is -2.25. The van der Waals surface area contributed by atoms with Gasteiger partial charge in [0.25, 0.3) is 0 Å². The molecule has 96 valence electrons. The number of ether oxygens (including phenoxy) is 2. The molecule has 0 unspecified atom stereocenters. The van der Waals surface area contributed by atoms with E-state index >= 15 is 0 Å². The number of rotatable bonds is 4. The second-order valence-electron chi connectivity index (χ2n) is 3.85. The van der Waals surface area contributed by atoms with E-state index in [2.05, 4.69) is 10.6 Å². The summed E-state index contributed by atoms with van der Waals surface area (Å²) in [5.74, 6) is 0.981. The highest BCUT2D eigenvalue weighted by Gasteiger charge is 2.13. The molecule has 18 heavy (non-hydrogen) atoms. The summed E-state index contributed by atoms with van der Waals surface area (Å²) in [6.07, 6.45) is 0.230. The van der Waals surface area contributed by atoms with Gasteiger partial charge in [-0.3, -0.25) is 9.59 Å². The number of hydrogen-bond acceptors (Lipinski definition) is 4. The van der Waals surface area contributed by atoms with Crippen LogP contribution in [0.15, 0.2) is 18.2 Å². The molecule has 2 amide bonds. The molecule has 1 aliphatic heterocycles. The van der Waals surface area contributed by atoms with Gasteiger partial charge in [0.1, 0.15) is 0 Å². The lowest BCUT2D eigenvalue weighted by molar-refractivity contribution is -0.119. The molecule has 0 saturated carbocycles. The van der Waals surface area contributed by atoms with Crippen LogP contribution in [-0.4, -0.2) is 25.2 Å². The molecule has 6 nitrogen and oxygen atoms in total. The van der Waals surface area contributed by atoms with Gasteiger partial charge in [-0.05, 0) is 12.1 Å². The Hall–Kier alpha value is -2.24. The summed E-state index contributed by atoms with van der Waals surface area (Å²) in [5, 5.41) is 5.28. The number of anilines is 1. The molecule has 0 fully saturated rings. The molecule has 0 radical (unpaired) electrons. The molecule has 0 atom stereocenters. The Labute approximate surface area is 104 Å². The van der Waals surface area contributed by atoms with Crippen LogP contribution in [0.25, 0.3) is 0 Å². The van der Waals surface area contributed by atoms with E-state index in [-0.39, 0.29) is 25.0 Å². The highest BCUT2D eigenvalue weighted by atomic mass is 16.7. The molecule has 0 saturated heterocycles. The first-order valence-corrected chi connectivity index (χ1v) is 5.59. The van der Waals surface area contributed by atoms with E-state index in [0.29, 0.717) is 23.7 Å². The monoisotopic (exact) mass is 250 g/mol. The molecule has 2 rings (SSSR count). The zero-order chi connectivity index (χ0) is 13.0. The number of benzene rings is 1. The molecule has 0 aliphatic carbocycles. The van der Waals surface area contributed by atoms with Crippen molar-refractivity contribution in [2.75, 3.05) is 18.7 Å². The summed E-state index contributed by atoms with van der Waals surface area (Å²) in [4.78, 5) is 22.2. The molecule has 0 bridgehead atoms. The second kappa shape index (κ2) is 5.39. The second-order valence-corrected chi connectivity index (χ2v) is 3.85. The van der Waals surface area contributed by atoms with Gasteiger partial charge in [-0.25, -0.2) is 0 Å². The largest absolute Gasteiger partial charge is 0.454 e. The maximum atomic E-state index is 11.6. The fourth-order valence-corrected chi connectivity index (χ4v) is 1.55. The smallest absolute Gasteiger partial charge is 0.231 e. The number of nitrogens with one attached hydrogen (secondary N) is 2. The van der Waals surface area contributed by atoms with Crippen molar-refractivity contribution in [1.29, 1.82) is 0 Å². The molecule has 1 aromatic carbocycles. The van der Waals surface area contributed by atoms with E-state index in [9.17, 15) is 9.59 Å². The molecule has 0 spiro atoms. The van der Waals surface area contributed by atoms with E-state index in [1.165, 1.54) is 6.92 Å². The summed E-state index contributed by atoms with van der Waals surface area (Å²) < 4.78 is 10.4. The molecule has 1 heterocycles. The van der Waals surface area contributed by atoms with Gasteiger partial charge in [-0.1, -0.05) is 0 Å². The third-order valence-corrected chi connectivity index (χ3v) is 2.38. The van der Waals surface area contributed by atoms with E-state index < -0.39 is 0 Å². The fourth-order valence-electron chi connectivity index (χ4n) is 1.55. The van der Waals surface area contributed by atoms with Crippen molar-refractivity contribution in [3.8, 4) is 11.5 Å². The molecule has 1 aromatic rings. The Morgan fingerprint density at radius 2 is 2.06 bits per heavy atom. The van der Waals surface area contributed by atoms with Crippen molar-refractivity contribution in [3.63, 3.8) is 0 Å². The minimum atomic E-state index is -0.164. The normalized spacial score (nSPS) is 12.1.